The normalized spacial score (nSPS) is 15.1. The zero-order valence-electron chi connectivity index (χ0n) is 17.7. The van der Waals surface area contributed by atoms with E-state index in [9.17, 15) is 5.11 Å². The standard InChI is InChI=1S/C26H26N4O/c1-18-4-9-22-23(16-18)29-26(31)24(22)25(20-10-12-27-13-11-20)28-21-7-5-19(6-8-21)17-30-14-2-3-15-30/h4-13,16,29,31H,2-3,14-15,17H2,1H3. The molecule has 0 atom stereocenters. The van der Waals surface area contributed by atoms with Crippen molar-refractivity contribution in [1.82, 2.24) is 14.9 Å². The second kappa shape index (κ2) is 8.36. The first kappa shape index (κ1) is 19.5. The fourth-order valence-electron chi connectivity index (χ4n) is 4.32. The van der Waals surface area contributed by atoms with Crippen LogP contribution in [0, 0.1) is 6.92 Å². The number of hydrogen-bond acceptors (Lipinski definition) is 4. The molecule has 0 spiro atoms. The van der Waals surface area contributed by atoms with Gasteiger partial charge >= 0.3 is 0 Å². The summed E-state index contributed by atoms with van der Waals surface area (Å²) >= 11 is 0. The Labute approximate surface area is 182 Å². The van der Waals surface area contributed by atoms with Crippen molar-refractivity contribution in [1.29, 1.82) is 0 Å². The van der Waals surface area contributed by atoms with Crippen molar-refractivity contribution in [3.05, 3.63) is 89.2 Å². The number of nitrogens with zero attached hydrogens (tertiary/aromatic N) is 3. The Morgan fingerprint density at radius 3 is 2.52 bits per heavy atom. The van der Waals surface area contributed by atoms with E-state index < -0.39 is 0 Å². The van der Waals surface area contributed by atoms with E-state index in [1.165, 1.54) is 31.5 Å². The minimum absolute atomic E-state index is 0.127. The van der Waals surface area contributed by atoms with Gasteiger partial charge in [-0.1, -0.05) is 24.3 Å². The average Bonchev–Trinajstić information content (AvgIpc) is 3.40. The molecular weight excluding hydrogens is 384 g/mol. The number of aliphatic imine (C=N–C) groups is 1. The van der Waals surface area contributed by atoms with Crippen molar-refractivity contribution in [2.75, 3.05) is 13.1 Å². The highest BCUT2D eigenvalue weighted by molar-refractivity contribution is 6.21. The molecule has 5 rings (SSSR count). The highest BCUT2D eigenvalue weighted by Crippen LogP contribution is 2.32. The maximum absolute atomic E-state index is 10.8. The fourth-order valence-corrected chi connectivity index (χ4v) is 4.32. The fraction of sp³-hybridized carbons (Fsp3) is 0.231. The van der Waals surface area contributed by atoms with E-state index in [1.807, 2.05) is 31.2 Å². The third-order valence-corrected chi connectivity index (χ3v) is 5.91. The monoisotopic (exact) mass is 410 g/mol. The lowest BCUT2D eigenvalue weighted by Crippen LogP contribution is -2.18. The number of aromatic hydroxyl groups is 1. The van der Waals surface area contributed by atoms with E-state index in [0.29, 0.717) is 5.56 Å². The van der Waals surface area contributed by atoms with E-state index in [2.05, 4.69) is 45.2 Å². The first-order valence-corrected chi connectivity index (χ1v) is 10.8. The van der Waals surface area contributed by atoms with Crippen LogP contribution in [0.5, 0.6) is 5.88 Å². The molecule has 0 aliphatic carbocycles. The number of aromatic nitrogens is 2. The number of hydrogen-bond donors (Lipinski definition) is 2. The lowest BCUT2D eigenvalue weighted by molar-refractivity contribution is 0.331. The van der Waals surface area contributed by atoms with Crippen LogP contribution in [0.15, 0.2) is 72.0 Å². The molecule has 2 N–H and O–H groups in total. The van der Waals surface area contributed by atoms with E-state index >= 15 is 0 Å². The molecule has 5 nitrogen and oxygen atoms in total. The Bertz CT molecular complexity index is 1220. The number of rotatable bonds is 5. The molecule has 0 amide bonds. The Kier molecular flexibility index (Phi) is 5.26. The molecule has 31 heavy (non-hydrogen) atoms. The van der Waals surface area contributed by atoms with E-state index in [0.717, 1.165) is 40.0 Å². The Balaban J connectivity index is 1.56. The molecule has 2 aromatic heterocycles. The maximum atomic E-state index is 10.8. The van der Waals surface area contributed by atoms with Crippen molar-refractivity contribution in [2.24, 2.45) is 4.99 Å². The summed E-state index contributed by atoms with van der Waals surface area (Å²) in [6.45, 7) is 5.40. The molecular formula is C26H26N4O. The lowest BCUT2D eigenvalue weighted by atomic mass is 10.0. The van der Waals surface area contributed by atoms with Gasteiger partial charge in [0.25, 0.3) is 0 Å². The second-order valence-corrected chi connectivity index (χ2v) is 8.24. The molecule has 156 valence electrons. The average molecular weight is 411 g/mol. The number of nitrogens with one attached hydrogen (secondary N) is 1. The Hall–Kier alpha value is -3.44. The first-order valence-electron chi connectivity index (χ1n) is 10.8. The van der Waals surface area contributed by atoms with Gasteiger partial charge in [0.2, 0.25) is 0 Å². The van der Waals surface area contributed by atoms with Gasteiger partial charge in [0, 0.05) is 35.4 Å². The van der Waals surface area contributed by atoms with Gasteiger partial charge in [-0.25, -0.2) is 4.99 Å². The molecule has 4 aromatic rings. The molecule has 0 unspecified atom stereocenters. The number of aryl methyl sites for hydroxylation is 1. The quantitative estimate of drug-likeness (QED) is 0.436. The molecule has 1 saturated heterocycles. The minimum atomic E-state index is 0.127. The molecule has 1 fully saturated rings. The Morgan fingerprint density at radius 2 is 1.77 bits per heavy atom. The Morgan fingerprint density at radius 1 is 1.03 bits per heavy atom. The highest BCUT2D eigenvalue weighted by atomic mass is 16.3. The van der Waals surface area contributed by atoms with Crippen molar-refractivity contribution in [3.63, 3.8) is 0 Å². The summed E-state index contributed by atoms with van der Waals surface area (Å²) in [5.74, 6) is 0.127. The summed E-state index contributed by atoms with van der Waals surface area (Å²) < 4.78 is 0. The summed E-state index contributed by atoms with van der Waals surface area (Å²) in [5.41, 5.74) is 6.54. The number of H-pyrrole nitrogens is 1. The highest BCUT2D eigenvalue weighted by Gasteiger charge is 2.19. The zero-order chi connectivity index (χ0) is 21.2. The number of likely N-dealkylation sites (tertiary alicyclic amines) is 1. The van der Waals surface area contributed by atoms with Gasteiger partial charge in [-0.3, -0.25) is 9.88 Å². The van der Waals surface area contributed by atoms with Crippen molar-refractivity contribution >= 4 is 22.3 Å². The smallest absolute Gasteiger partial charge is 0.199 e. The van der Waals surface area contributed by atoms with Crippen LogP contribution in [0.4, 0.5) is 5.69 Å². The van der Waals surface area contributed by atoms with E-state index in [-0.39, 0.29) is 5.88 Å². The van der Waals surface area contributed by atoms with Gasteiger partial charge in [-0.15, -0.1) is 0 Å². The van der Waals surface area contributed by atoms with Crippen LogP contribution in [-0.4, -0.2) is 38.8 Å². The topological polar surface area (TPSA) is 64.5 Å². The molecule has 5 heteroatoms. The van der Waals surface area contributed by atoms with Crippen molar-refractivity contribution < 1.29 is 5.11 Å². The molecule has 1 aliphatic rings. The minimum Gasteiger partial charge on any atom is -0.494 e. The van der Waals surface area contributed by atoms with Gasteiger partial charge in [-0.05, 0) is 74.3 Å². The largest absolute Gasteiger partial charge is 0.494 e. The van der Waals surface area contributed by atoms with Crippen molar-refractivity contribution in [3.8, 4) is 5.88 Å². The zero-order valence-corrected chi connectivity index (χ0v) is 17.7. The van der Waals surface area contributed by atoms with Crippen molar-refractivity contribution in [2.45, 2.75) is 26.3 Å². The van der Waals surface area contributed by atoms with Crippen LogP contribution in [0.1, 0.15) is 35.1 Å². The van der Waals surface area contributed by atoms with E-state index in [4.69, 9.17) is 4.99 Å². The van der Waals surface area contributed by atoms with Crippen LogP contribution >= 0.6 is 0 Å². The van der Waals surface area contributed by atoms with Crippen LogP contribution in [0.3, 0.4) is 0 Å². The summed E-state index contributed by atoms with van der Waals surface area (Å²) in [5, 5.41) is 11.7. The number of benzene rings is 2. The third-order valence-electron chi connectivity index (χ3n) is 5.91. The number of fused-ring (bicyclic) bond motifs is 1. The van der Waals surface area contributed by atoms with Crippen LogP contribution < -0.4 is 0 Å². The molecule has 1 aliphatic heterocycles. The van der Waals surface area contributed by atoms with Gasteiger partial charge in [0.1, 0.15) is 0 Å². The number of pyridine rings is 1. The van der Waals surface area contributed by atoms with Gasteiger partial charge < -0.3 is 10.1 Å². The van der Waals surface area contributed by atoms with Crippen LogP contribution in [0.2, 0.25) is 0 Å². The maximum Gasteiger partial charge on any atom is 0.199 e. The van der Waals surface area contributed by atoms with Gasteiger partial charge in [0.05, 0.1) is 17.0 Å². The second-order valence-electron chi connectivity index (χ2n) is 8.24. The molecule has 0 saturated carbocycles. The number of aromatic amines is 1. The van der Waals surface area contributed by atoms with Gasteiger partial charge in [-0.2, -0.15) is 0 Å². The predicted octanol–water partition coefficient (Wildman–Crippen LogP) is 5.34. The lowest BCUT2D eigenvalue weighted by Gasteiger charge is -2.14. The summed E-state index contributed by atoms with van der Waals surface area (Å²) in [4.78, 5) is 14.7. The molecule has 0 bridgehead atoms. The van der Waals surface area contributed by atoms with Crippen LogP contribution in [0.25, 0.3) is 10.9 Å². The summed E-state index contributed by atoms with van der Waals surface area (Å²) in [7, 11) is 0. The molecule has 0 radical (unpaired) electrons. The predicted molar refractivity (Wildman–Crippen MR) is 125 cm³/mol. The third kappa shape index (κ3) is 4.09. The summed E-state index contributed by atoms with van der Waals surface area (Å²) in [6.07, 6.45) is 6.09. The molecule has 3 heterocycles. The summed E-state index contributed by atoms with van der Waals surface area (Å²) in [6, 6.07) is 18.4. The van der Waals surface area contributed by atoms with Crippen LogP contribution in [-0.2, 0) is 6.54 Å². The first-order chi connectivity index (χ1) is 15.2. The van der Waals surface area contributed by atoms with Gasteiger partial charge in [0.15, 0.2) is 5.88 Å². The SMILES string of the molecule is Cc1ccc2c(C(=Nc3ccc(CN4CCCC4)cc3)c3ccncc3)c(O)[nH]c2c1. The molecule has 2 aromatic carbocycles. The van der Waals surface area contributed by atoms with E-state index in [1.54, 1.807) is 12.4 Å².